The van der Waals surface area contributed by atoms with E-state index in [4.69, 9.17) is 4.74 Å². The Morgan fingerprint density at radius 1 is 1.19 bits per heavy atom. The Kier molecular flexibility index (Phi) is 6.12. The minimum Gasteiger partial charge on any atom is -0.467 e. The Hall–Kier alpha value is -2.11. The molecule has 1 fully saturated rings. The number of H-pyrrole nitrogens is 1. The monoisotopic (exact) mass is 360 g/mol. The molecule has 1 amide bonds. The minimum atomic E-state index is -0.703. The van der Waals surface area contributed by atoms with Gasteiger partial charge in [0.25, 0.3) is 11.5 Å². The summed E-state index contributed by atoms with van der Waals surface area (Å²) in [5.74, 6) is -0.529. The first-order chi connectivity index (χ1) is 12.6. The van der Waals surface area contributed by atoms with Gasteiger partial charge < -0.3 is 15.0 Å². The zero-order chi connectivity index (χ0) is 18.5. The molecular formula is C20H28N2O4. The molecule has 1 aromatic heterocycles. The first-order valence-corrected chi connectivity index (χ1v) is 9.72. The largest absolute Gasteiger partial charge is 0.467 e. The number of ether oxygens (including phenoxy) is 1. The molecule has 1 atom stereocenters. The Balaban J connectivity index is 1.74. The molecule has 1 heterocycles. The molecule has 2 aliphatic rings. The van der Waals surface area contributed by atoms with Gasteiger partial charge >= 0.3 is 5.97 Å². The zero-order valence-electron chi connectivity index (χ0n) is 15.4. The van der Waals surface area contributed by atoms with Crippen LogP contribution in [-0.4, -0.2) is 30.0 Å². The van der Waals surface area contributed by atoms with Crippen molar-refractivity contribution in [2.75, 3.05) is 7.11 Å². The molecule has 1 saturated carbocycles. The number of rotatable bonds is 5. The van der Waals surface area contributed by atoms with Gasteiger partial charge in [-0.15, -0.1) is 0 Å². The van der Waals surface area contributed by atoms with Crippen molar-refractivity contribution in [1.82, 2.24) is 10.3 Å². The van der Waals surface area contributed by atoms with Crippen LogP contribution in [-0.2, 0) is 22.4 Å². The summed E-state index contributed by atoms with van der Waals surface area (Å²) < 4.78 is 4.87. The van der Waals surface area contributed by atoms with Crippen LogP contribution in [0.3, 0.4) is 0 Å². The third-order valence-electron chi connectivity index (χ3n) is 5.67. The number of carbonyl (C=O) groups is 2. The number of hydrogen-bond donors (Lipinski definition) is 2. The van der Waals surface area contributed by atoms with E-state index < -0.39 is 17.9 Å². The molecule has 0 radical (unpaired) electrons. The highest BCUT2D eigenvalue weighted by molar-refractivity contribution is 5.96. The first-order valence-electron chi connectivity index (χ1n) is 9.72. The second-order valence-electron chi connectivity index (χ2n) is 7.51. The molecule has 2 aliphatic carbocycles. The highest BCUT2D eigenvalue weighted by Crippen LogP contribution is 2.27. The molecule has 0 spiro atoms. The van der Waals surface area contributed by atoms with Crippen molar-refractivity contribution in [2.24, 2.45) is 5.92 Å². The number of aromatic amines is 1. The van der Waals surface area contributed by atoms with Crippen LogP contribution >= 0.6 is 0 Å². The lowest BCUT2D eigenvalue weighted by atomic mass is 9.84. The summed E-state index contributed by atoms with van der Waals surface area (Å²) >= 11 is 0. The number of nitrogens with one attached hydrogen (secondary N) is 2. The number of amides is 1. The van der Waals surface area contributed by atoms with E-state index in [0.29, 0.717) is 12.3 Å². The lowest BCUT2D eigenvalue weighted by Crippen LogP contribution is -2.44. The van der Waals surface area contributed by atoms with Gasteiger partial charge in [0, 0.05) is 5.69 Å². The maximum absolute atomic E-state index is 12.7. The van der Waals surface area contributed by atoms with Crippen molar-refractivity contribution >= 4 is 11.9 Å². The predicted molar refractivity (Wildman–Crippen MR) is 98.2 cm³/mol. The Labute approximate surface area is 153 Å². The van der Waals surface area contributed by atoms with Gasteiger partial charge in [0.1, 0.15) is 11.6 Å². The fourth-order valence-electron chi connectivity index (χ4n) is 4.19. The van der Waals surface area contributed by atoms with Crippen LogP contribution in [0.4, 0.5) is 0 Å². The van der Waals surface area contributed by atoms with Gasteiger partial charge in [0.2, 0.25) is 0 Å². The number of methoxy groups -OCH3 is 1. The summed E-state index contributed by atoms with van der Waals surface area (Å²) in [6, 6.07) is 0.989. The summed E-state index contributed by atoms with van der Waals surface area (Å²) in [4.78, 5) is 40.0. The molecule has 6 heteroatoms. The minimum absolute atomic E-state index is 0.0863. The maximum atomic E-state index is 12.7. The van der Waals surface area contributed by atoms with Crippen molar-refractivity contribution in [2.45, 2.75) is 70.3 Å². The molecule has 0 unspecified atom stereocenters. The van der Waals surface area contributed by atoms with E-state index in [1.807, 2.05) is 0 Å². The second kappa shape index (κ2) is 8.52. The zero-order valence-corrected chi connectivity index (χ0v) is 15.4. The molecule has 0 bridgehead atoms. The van der Waals surface area contributed by atoms with Crippen LogP contribution in [0, 0.1) is 5.92 Å². The highest BCUT2D eigenvalue weighted by atomic mass is 16.5. The molecule has 142 valence electrons. The number of esters is 1. The smallest absolute Gasteiger partial charge is 0.328 e. The standard InChI is InChI=1S/C20H28N2O4/c1-26-20(25)17(11-13-7-3-2-4-8-13)22-19(24)15-12-14-9-5-6-10-16(14)21-18(15)23/h12-13,17H,2-11H2,1H3,(H,21,23)(H,22,24)/t17-/m1/s1. The SMILES string of the molecule is COC(=O)[C@@H](CC1CCCCC1)NC(=O)c1cc2c([nH]c1=O)CCCC2. The van der Waals surface area contributed by atoms with Gasteiger partial charge in [0.05, 0.1) is 7.11 Å². The van der Waals surface area contributed by atoms with Crippen molar-refractivity contribution in [3.63, 3.8) is 0 Å². The van der Waals surface area contributed by atoms with Crippen molar-refractivity contribution < 1.29 is 14.3 Å². The van der Waals surface area contributed by atoms with E-state index >= 15 is 0 Å². The van der Waals surface area contributed by atoms with Crippen LogP contribution in [0.15, 0.2) is 10.9 Å². The van der Waals surface area contributed by atoms with E-state index in [0.717, 1.165) is 62.6 Å². The Bertz CT molecular complexity index is 719. The maximum Gasteiger partial charge on any atom is 0.328 e. The molecule has 0 saturated heterocycles. The molecule has 2 N–H and O–H groups in total. The van der Waals surface area contributed by atoms with Gasteiger partial charge in [0.15, 0.2) is 0 Å². The number of hydrogen-bond acceptors (Lipinski definition) is 4. The van der Waals surface area contributed by atoms with Gasteiger partial charge in [-0.05, 0) is 49.7 Å². The average molecular weight is 360 g/mol. The van der Waals surface area contributed by atoms with Gasteiger partial charge in [-0.25, -0.2) is 4.79 Å². The normalized spacial score (nSPS) is 18.7. The molecular weight excluding hydrogens is 332 g/mol. The Morgan fingerprint density at radius 3 is 2.65 bits per heavy atom. The van der Waals surface area contributed by atoms with Gasteiger partial charge in [-0.2, -0.15) is 0 Å². The van der Waals surface area contributed by atoms with Crippen molar-refractivity contribution in [3.8, 4) is 0 Å². The van der Waals surface area contributed by atoms with E-state index in [1.54, 1.807) is 6.07 Å². The molecule has 0 aromatic carbocycles. The predicted octanol–water partition coefficient (Wildman–Crippen LogP) is 2.50. The summed E-state index contributed by atoms with van der Waals surface area (Å²) in [6.07, 6.45) is 10.1. The van der Waals surface area contributed by atoms with E-state index in [1.165, 1.54) is 13.5 Å². The van der Waals surface area contributed by atoms with Gasteiger partial charge in [-0.3, -0.25) is 9.59 Å². The van der Waals surface area contributed by atoms with Crippen molar-refractivity contribution in [1.29, 1.82) is 0 Å². The van der Waals surface area contributed by atoms with Crippen molar-refractivity contribution in [3.05, 3.63) is 33.2 Å². The van der Waals surface area contributed by atoms with Crippen LogP contribution < -0.4 is 10.9 Å². The lowest BCUT2D eigenvalue weighted by molar-refractivity contribution is -0.143. The average Bonchev–Trinajstić information content (AvgIpc) is 2.67. The fraction of sp³-hybridized carbons (Fsp3) is 0.650. The van der Waals surface area contributed by atoms with E-state index in [2.05, 4.69) is 10.3 Å². The number of fused-ring (bicyclic) bond motifs is 1. The molecule has 26 heavy (non-hydrogen) atoms. The fourth-order valence-corrected chi connectivity index (χ4v) is 4.19. The van der Waals surface area contributed by atoms with E-state index in [9.17, 15) is 14.4 Å². The summed E-state index contributed by atoms with van der Waals surface area (Å²) in [5.41, 5.74) is 1.67. The first kappa shape index (κ1) is 18.7. The van der Waals surface area contributed by atoms with Crippen LogP contribution in [0.1, 0.15) is 73.0 Å². The number of aryl methyl sites for hydroxylation is 2. The van der Waals surface area contributed by atoms with Crippen LogP contribution in [0.25, 0.3) is 0 Å². The number of pyridine rings is 1. The highest BCUT2D eigenvalue weighted by Gasteiger charge is 2.28. The number of aromatic nitrogens is 1. The lowest BCUT2D eigenvalue weighted by Gasteiger charge is -2.26. The van der Waals surface area contributed by atoms with Crippen LogP contribution in [0.2, 0.25) is 0 Å². The van der Waals surface area contributed by atoms with E-state index in [-0.39, 0.29) is 11.1 Å². The molecule has 1 aromatic rings. The summed E-state index contributed by atoms with van der Waals surface area (Å²) in [7, 11) is 1.33. The quantitative estimate of drug-likeness (QED) is 0.790. The molecule has 3 rings (SSSR count). The summed E-state index contributed by atoms with van der Waals surface area (Å²) in [6.45, 7) is 0. The molecule has 6 nitrogen and oxygen atoms in total. The third-order valence-corrected chi connectivity index (χ3v) is 5.67. The molecule has 0 aliphatic heterocycles. The Morgan fingerprint density at radius 2 is 1.92 bits per heavy atom. The topological polar surface area (TPSA) is 88.3 Å². The third kappa shape index (κ3) is 4.34. The second-order valence-corrected chi connectivity index (χ2v) is 7.51. The van der Waals surface area contributed by atoms with Gasteiger partial charge in [-0.1, -0.05) is 32.1 Å². The summed E-state index contributed by atoms with van der Waals surface area (Å²) in [5, 5.41) is 2.75. The number of carbonyl (C=O) groups excluding carboxylic acids is 2. The van der Waals surface area contributed by atoms with Crippen LogP contribution in [0.5, 0.6) is 0 Å².